The largest absolute Gasteiger partial charge is 0.460 e. The average molecular weight is 322 g/mol. The Morgan fingerprint density at radius 1 is 1.17 bits per heavy atom. The fraction of sp³-hybridized carbons (Fsp3) is 0.824. The van der Waals surface area contributed by atoms with Crippen molar-refractivity contribution in [3.05, 3.63) is 0 Å². The van der Waals surface area contributed by atoms with Gasteiger partial charge in [0.2, 0.25) is 0 Å². The summed E-state index contributed by atoms with van der Waals surface area (Å²) in [4.78, 5) is 39.4. The Kier molecular flexibility index (Phi) is 4.10. The molecule has 2 unspecified atom stereocenters. The molecule has 2 heterocycles. The number of amides is 3. The van der Waals surface area contributed by atoms with Crippen LogP contribution in [0.2, 0.25) is 0 Å². The summed E-state index contributed by atoms with van der Waals surface area (Å²) in [5.74, 6) is 0.182. The van der Waals surface area contributed by atoms with Crippen LogP contribution in [0.15, 0.2) is 0 Å². The van der Waals surface area contributed by atoms with Crippen molar-refractivity contribution in [2.24, 2.45) is 11.8 Å². The van der Waals surface area contributed by atoms with Crippen LogP contribution >= 0.6 is 0 Å². The van der Waals surface area contributed by atoms with Crippen LogP contribution in [0.1, 0.15) is 52.4 Å². The van der Waals surface area contributed by atoms with Gasteiger partial charge >= 0.3 is 12.0 Å². The van der Waals surface area contributed by atoms with Crippen molar-refractivity contribution < 1.29 is 19.1 Å². The highest BCUT2D eigenvalue weighted by Gasteiger charge is 2.50. The molecule has 3 fully saturated rings. The summed E-state index contributed by atoms with van der Waals surface area (Å²) in [6.45, 7) is 3.64. The minimum atomic E-state index is -0.830. The fourth-order valence-corrected chi connectivity index (χ4v) is 4.02. The summed E-state index contributed by atoms with van der Waals surface area (Å²) in [7, 11) is 1.63. The number of urea groups is 1. The normalized spacial score (nSPS) is 31.3. The lowest BCUT2D eigenvalue weighted by Crippen LogP contribution is -2.42. The number of likely N-dealkylation sites (N-methyl/N-ethyl adjacent to an activating group) is 1. The van der Waals surface area contributed by atoms with Gasteiger partial charge in [0.05, 0.1) is 12.5 Å². The smallest absolute Gasteiger partial charge is 0.327 e. The van der Waals surface area contributed by atoms with Crippen LogP contribution in [0.4, 0.5) is 4.79 Å². The van der Waals surface area contributed by atoms with Crippen LogP contribution < -0.4 is 0 Å². The molecule has 3 amide bonds. The van der Waals surface area contributed by atoms with E-state index in [4.69, 9.17) is 4.74 Å². The predicted molar refractivity (Wildman–Crippen MR) is 83.5 cm³/mol. The molecule has 2 aliphatic heterocycles. The number of nitrogens with zero attached hydrogens (tertiary/aromatic N) is 2. The summed E-state index contributed by atoms with van der Waals surface area (Å²) in [6.07, 6.45) is 6.08. The zero-order valence-corrected chi connectivity index (χ0v) is 14.2. The molecule has 0 aromatic rings. The van der Waals surface area contributed by atoms with E-state index in [1.165, 1.54) is 35.5 Å². The van der Waals surface area contributed by atoms with Gasteiger partial charge in [-0.15, -0.1) is 0 Å². The highest BCUT2D eigenvalue weighted by atomic mass is 16.6. The molecule has 23 heavy (non-hydrogen) atoms. The molecule has 1 saturated carbocycles. The SMILES string of the molecule is CN1C(=O)N(CC2CC(CC3CCCC3)C(=O)O2)C(=O)C1(C)C. The van der Waals surface area contributed by atoms with E-state index in [2.05, 4.69) is 0 Å². The fourth-order valence-electron chi connectivity index (χ4n) is 4.02. The van der Waals surface area contributed by atoms with E-state index in [9.17, 15) is 14.4 Å². The number of carbonyl (C=O) groups is 3. The van der Waals surface area contributed by atoms with Crippen LogP contribution in [-0.4, -0.2) is 52.9 Å². The van der Waals surface area contributed by atoms with E-state index in [0.29, 0.717) is 12.3 Å². The zero-order valence-electron chi connectivity index (χ0n) is 14.2. The second kappa shape index (κ2) is 5.80. The third-order valence-electron chi connectivity index (χ3n) is 5.77. The first-order valence-electron chi connectivity index (χ1n) is 8.61. The van der Waals surface area contributed by atoms with Crippen molar-refractivity contribution in [1.82, 2.24) is 9.80 Å². The molecule has 6 nitrogen and oxygen atoms in total. The van der Waals surface area contributed by atoms with Crippen LogP contribution in [0.3, 0.4) is 0 Å². The third-order valence-corrected chi connectivity index (χ3v) is 5.77. The van der Waals surface area contributed by atoms with Gasteiger partial charge in [-0.2, -0.15) is 0 Å². The molecule has 1 aliphatic carbocycles. The Labute approximate surface area is 137 Å². The van der Waals surface area contributed by atoms with E-state index < -0.39 is 5.54 Å². The van der Waals surface area contributed by atoms with Crippen molar-refractivity contribution in [1.29, 1.82) is 0 Å². The summed E-state index contributed by atoms with van der Waals surface area (Å²) in [5, 5.41) is 0. The van der Waals surface area contributed by atoms with Crippen LogP contribution in [0, 0.1) is 11.8 Å². The van der Waals surface area contributed by atoms with E-state index in [0.717, 1.165) is 6.42 Å². The van der Waals surface area contributed by atoms with E-state index in [-0.39, 0.29) is 36.5 Å². The van der Waals surface area contributed by atoms with Gasteiger partial charge in [-0.3, -0.25) is 14.5 Å². The van der Waals surface area contributed by atoms with Gasteiger partial charge in [-0.05, 0) is 32.6 Å². The highest BCUT2D eigenvalue weighted by Crippen LogP contribution is 2.36. The summed E-state index contributed by atoms with van der Waals surface area (Å²) in [5.41, 5.74) is -0.830. The predicted octanol–water partition coefficient (Wildman–Crippen LogP) is 2.17. The summed E-state index contributed by atoms with van der Waals surface area (Å²) >= 11 is 0. The molecule has 3 aliphatic rings. The van der Waals surface area contributed by atoms with Crippen molar-refractivity contribution >= 4 is 17.9 Å². The molecule has 2 atom stereocenters. The molecule has 2 saturated heterocycles. The van der Waals surface area contributed by atoms with Crippen molar-refractivity contribution in [3.8, 4) is 0 Å². The highest BCUT2D eigenvalue weighted by molar-refractivity contribution is 6.06. The first kappa shape index (κ1) is 16.3. The quantitative estimate of drug-likeness (QED) is 0.588. The van der Waals surface area contributed by atoms with Gasteiger partial charge in [0.15, 0.2) is 0 Å². The maximum Gasteiger partial charge on any atom is 0.327 e. The molecule has 0 aromatic heterocycles. The third kappa shape index (κ3) is 2.83. The number of rotatable bonds is 4. The Morgan fingerprint density at radius 2 is 1.83 bits per heavy atom. The lowest BCUT2D eigenvalue weighted by molar-refractivity contribution is -0.146. The average Bonchev–Trinajstić information content (AvgIpc) is 3.16. The van der Waals surface area contributed by atoms with Crippen LogP contribution in [-0.2, 0) is 14.3 Å². The lowest BCUT2D eigenvalue weighted by atomic mass is 9.91. The van der Waals surface area contributed by atoms with Gasteiger partial charge < -0.3 is 9.64 Å². The molecular weight excluding hydrogens is 296 g/mol. The number of ether oxygens (including phenoxy) is 1. The molecule has 3 rings (SSSR count). The van der Waals surface area contributed by atoms with Crippen molar-refractivity contribution in [2.75, 3.05) is 13.6 Å². The van der Waals surface area contributed by atoms with Gasteiger partial charge in [0.1, 0.15) is 11.6 Å². The minimum Gasteiger partial charge on any atom is -0.460 e. The van der Waals surface area contributed by atoms with Crippen molar-refractivity contribution in [3.63, 3.8) is 0 Å². The summed E-state index contributed by atoms with van der Waals surface area (Å²) < 4.78 is 5.44. The number of hydrogen-bond donors (Lipinski definition) is 0. The van der Waals surface area contributed by atoms with E-state index >= 15 is 0 Å². The first-order chi connectivity index (χ1) is 10.8. The maximum atomic E-state index is 12.4. The van der Waals surface area contributed by atoms with Gasteiger partial charge in [0.25, 0.3) is 5.91 Å². The van der Waals surface area contributed by atoms with Gasteiger partial charge in [-0.25, -0.2) is 4.79 Å². The number of hydrogen-bond acceptors (Lipinski definition) is 4. The summed E-state index contributed by atoms with van der Waals surface area (Å²) in [6, 6.07) is -0.310. The van der Waals surface area contributed by atoms with Gasteiger partial charge in [0, 0.05) is 7.05 Å². The second-order valence-corrected chi connectivity index (χ2v) is 7.69. The van der Waals surface area contributed by atoms with Crippen LogP contribution in [0.25, 0.3) is 0 Å². The molecule has 0 spiro atoms. The Hall–Kier alpha value is -1.59. The van der Waals surface area contributed by atoms with E-state index in [1.54, 1.807) is 20.9 Å². The maximum absolute atomic E-state index is 12.4. The number of cyclic esters (lactones) is 1. The second-order valence-electron chi connectivity index (χ2n) is 7.69. The number of carbonyl (C=O) groups excluding carboxylic acids is 3. The molecule has 0 radical (unpaired) electrons. The van der Waals surface area contributed by atoms with E-state index in [1.807, 2.05) is 0 Å². The number of esters is 1. The first-order valence-corrected chi connectivity index (χ1v) is 8.61. The monoisotopic (exact) mass is 322 g/mol. The molecule has 128 valence electrons. The lowest BCUT2D eigenvalue weighted by Gasteiger charge is -2.22. The Morgan fingerprint density at radius 3 is 2.39 bits per heavy atom. The Balaban J connectivity index is 1.60. The minimum absolute atomic E-state index is 0.0679. The van der Waals surface area contributed by atoms with Crippen molar-refractivity contribution in [2.45, 2.75) is 64.0 Å². The van der Waals surface area contributed by atoms with Crippen LogP contribution in [0.5, 0.6) is 0 Å². The zero-order chi connectivity index (χ0) is 16.8. The topological polar surface area (TPSA) is 66.9 Å². The molecule has 0 N–H and O–H groups in total. The standard InChI is InChI=1S/C17H26N2O4/c1-17(2)15(21)19(16(22)18(17)3)10-13-9-12(14(20)23-13)8-11-6-4-5-7-11/h11-13H,4-10H2,1-3H3. The molecule has 6 heteroatoms. The molecule has 0 bridgehead atoms. The Bertz CT molecular complexity index is 525. The van der Waals surface area contributed by atoms with Gasteiger partial charge in [-0.1, -0.05) is 25.7 Å². The molecular formula is C17H26N2O4. The molecule has 0 aromatic carbocycles. The number of imide groups is 1.